The zero-order valence-electron chi connectivity index (χ0n) is 18.7. The Bertz CT molecular complexity index is 1130. The third-order valence-corrected chi connectivity index (χ3v) is 7.20. The summed E-state index contributed by atoms with van der Waals surface area (Å²) < 4.78 is 0. The van der Waals surface area contributed by atoms with Crippen molar-refractivity contribution in [1.82, 2.24) is 20.2 Å². The van der Waals surface area contributed by atoms with Crippen LogP contribution >= 0.6 is 11.6 Å². The van der Waals surface area contributed by atoms with Gasteiger partial charge in [-0.1, -0.05) is 23.7 Å². The monoisotopic (exact) mass is 482 g/mol. The van der Waals surface area contributed by atoms with E-state index >= 15 is 0 Å². The van der Waals surface area contributed by atoms with Gasteiger partial charge >= 0.3 is 0 Å². The zero-order valence-corrected chi connectivity index (χ0v) is 19.5. The molecule has 1 aromatic heterocycles. The number of nitrogens with two attached hydrogens (primary N) is 1. The quantitative estimate of drug-likeness (QED) is 0.626. The number of anilines is 1. The van der Waals surface area contributed by atoms with E-state index in [2.05, 4.69) is 20.2 Å². The fraction of sp³-hybridized carbons (Fsp3) is 0.458. The molecule has 1 unspecified atom stereocenters. The topological polar surface area (TPSA) is 122 Å². The maximum absolute atomic E-state index is 13.2. The molecule has 178 valence electrons. The van der Waals surface area contributed by atoms with Crippen LogP contribution in [0.3, 0.4) is 0 Å². The molecule has 0 spiro atoms. The molecule has 3 N–H and O–H groups in total. The van der Waals surface area contributed by atoms with Gasteiger partial charge in [-0.05, 0) is 49.3 Å². The van der Waals surface area contributed by atoms with Gasteiger partial charge in [0.05, 0.1) is 12.4 Å². The van der Waals surface area contributed by atoms with Crippen LogP contribution in [-0.2, 0) is 22.7 Å². The number of carbonyl (C=O) groups excluding carboxylic acids is 3. The van der Waals surface area contributed by atoms with Crippen molar-refractivity contribution < 1.29 is 14.4 Å². The predicted octanol–water partition coefficient (Wildman–Crippen LogP) is 2.17. The van der Waals surface area contributed by atoms with Gasteiger partial charge in [0.25, 0.3) is 5.91 Å². The SMILES string of the molecule is NC1CCC(N(Cc2ccc3c(c2)C(=O)N(C2CCC(=O)NC2=O)C3)c2cncc(Cl)n2)CC1. The number of fused-ring (bicyclic) bond motifs is 1. The van der Waals surface area contributed by atoms with E-state index < -0.39 is 11.9 Å². The third-order valence-electron chi connectivity index (χ3n) is 7.01. The molecule has 34 heavy (non-hydrogen) atoms. The van der Waals surface area contributed by atoms with Gasteiger partial charge in [0.1, 0.15) is 17.0 Å². The fourth-order valence-electron chi connectivity index (χ4n) is 5.18. The van der Waals surface area contributed by atoms with Gasteiger partial charge in [0, 0.05) is 37.2 Å². The Kier molecular flexibility index (Phi) is 6.22. The van der Waals surface area contributed by atoms with Gasteiger partial charge in [-0.25, -0.2) is 4.98 Å². The predicted molar refractivity (Wildman–Crippen MR) is 126 cm³/mol. The minimum atomic E-state index is -0.620. The van der Waals surface area contributed by atoms with Crippen LogP contribution in [0.1, 0.15) is 60.0 Å². The van der Waals surface area contributed by atoms with Crippen LogP contribution in [0.5, 0.6) is 0 Å². The number of benzene rings is 1. The first-order chi connectivity index (χ1) is 16.4. The Morgan fingerprint density at radius 1 is 1.12 bits per heavy atom. The van der Waals surface area contributed by atoms with E-state index in [0.29, 0.717) is 36.0 Å². The molecule has 3 amide bonds. The highest BCUT2D eigenvalue weighted by atomic mass is 35.5. The first kappa shape index (κ1) is 22.7. The summed E-state index contributed by atoms with van der Waals surface area (Å²) in [6, 6.07) is 5.72. The first-order valence-electron chi connectivity index (χ1n) is 11.7. The molecule has 2 aromatic rings. The average Bonchev–Trinajstić information content (AvgIpc) is 3.14. The van der Waals surface area contributed by atoms with Gasteiger partial charge in [-0.3, -0.25) is 24.7 Å². The Labute approximate surface area is 202 Å². The van der Waals surface area contributed by atoms with Gasteiger partial charge in [0.15, 0.2) is 0 Å². The van der Waals surface area contributed by atoms with Gasteiger partial charge < -0.3 is 15.5 Å². The van der Waals surface area contributed by atoms with Crippen molar-refractivity contribution in [2.75, 3.05) is 4.90 Å². The number of halogens is 1. The Morgan fingerprint density at radius 2 is 1.91 bits per heavy atom. The van der Waals surface area contributed by atoms with E-state index in [1.165, 1.54) is 6.20 Å². The number of imide groups is 1. The molecule has 1 aliphatic carbocycles. The van der Waals surface area contributed by atoms with Crippen molar-refractivity contribution in [3.8, 4) is 0 Å². The fourth-order valence-corrected chi connectivity index (χ4v) is 5.32. The van der Waals surface area contributed by atoms with Crippen molar-refractivity contribution in [1.29, 1.82) is 0 Å². The third kappa shape index (κ3) is 4.50. The number of carbonyl (C=O) groups is 3. The summed E-state index contributed by atoms with van der Waals surface area (Å²) in [5.41, 5.74) is 8.58. The summed E-state index contributed by atoms with van der Waals surface area (Å²) in [4.78, 5) is 49.5. The number of aromatic nitrogens is 2. The molecule has 1 aromatic carbocycles. The van der Waals surface area contributed by atoms with Gasteiger partial charge in [-0.15, -0.1) is 0 Å². The number of nitrogens with zero attached hydrogens (tertiary/aromatic N) is 4. The van der Waals surface area contributed by atoms with Crippen molar-refractivity contribution in [3.63, 3.8) is 0 Å². The molecule has 3 aliphatic rings. The zero-order chi connectivity index (χ0) is 23.8. The molecule has 2 aliphatic heterocycles. The molecule has 1 saturated carbocycles. The lowest BCUT2D eigenvalue weighted by Crippen LogP contribution is -2.52. The second-order valence-electron chi connectivity index (χ2n) is 9.29. The largest absolute Gasteiger partial charge is 0.348 e. The van der Waals surface area contributed by atoms with Crippen molar-refractivity contribution in [2.45, 2.75) is 69.7 Å². The summed E-state index contributed by atoms with van der Waals surface area (Å²) in [6.07, 6.45) is 7.59. The van der Waals surface area contributed by atoms with Crippen LogP contribution in [0, 0.1) is 0 Å². The molecule has 5 rings (SSSR count). The van der Waals surface area contributed by atoms with Crippen LogP contribution in [0.4, 0.5) is 5.82 Å². The second kappa shape index (κ2) is 9.31. The van der Waals surface area contributed by atoms with Crippen molar-refractivity contribution in [3.05, 3.63) is 52.4 Å². The normalized spacial score (nSPS) is 24.7. The van der Waals surface area contributed by atoms with E-state index in [0.717, 1.165) is 36.8 Å². The second-order valence-corrected chi connectivity index (χ2v) is 9.68. The van der Waals surface area contributed by atoms with E-state index in [1.807, 2.05) is 18.2 Å². The summed E-state index contributed by atoms with van der Waals surface area (Å²) in [6.45, 7) is 0.915. The molecule has 3 heterocycles. The summed E-state index contributed by atoms with van der Waals surface area (Å²) in [7, 11) is 0. The minimum Gasteiger partial charge on any atom is -0.348 e. The van der Waals surface area contributed by atoms with E-state index in [-0.39, 0.29) is 30.3 Å². The van der Waals surface area contributed by atoms with E-state index in [4.69, 9.17) is 17.3 Å². The maximum atomic E-state index is 13.2. The molecular weight excluding hydrogens is 456 g/mol. The number of rotatable bonds is 5. The van der Waals surface area contributed by atoms with Crippen LogP contribution < -0.4 is 16.0 Å². The van der Waals surface area contributed by atoms with Crippen molar-refractivity contribution >= 4 is 35.1 Å². The lowest BCUT2D eigenvalue weighted by molar-refractivity contribution is -0.136. The molecule has 1 saturated heterocycles. The lowest BCUT2D eigenvalue weighted by atomic mass is 9.90. The van der Waals surface area contributed by atoms with E-state index in [1.54, 1.807) is 11.1 Å². The van der Waals surface area contributed by atoms with E-state index in [9.17, 15) is 14.4 Å². The molecular formula is C24H27ClN6O3. The highest BCUT2D eigenvalue weighted by molar-refractivity contribution is 6.29. The molecule has 0 bridgehead atoms. The van der Waals surface area contributed by atoms with Crippen LogP contribution in [-0.4, -0.2) is 50.7 Å². The smallest absolute Gasteiger partial charge is 0.255 e. The van der Waals surface area contributed by atoms with Crippen LogP contribution in [0.25, 0.3) is 0 Å². The number of hydrogen-bond acceptors (Lipinski definition) is 7. The maximum Gasteiger partial charge on any atom is 0.255 e. The Balaban J connectivity index is 1.38. The molecule has 0 radical (unpaired) electrons. The minimum absolute atomic E-state index is 0.177. The summed E-state index contributed by atoms with van der Waals surface area (Å²) in [5, 5.41) is 2.67. The van der Waals surface area contributed by atoms with Crippen molar-refractivity contribution in [2.24, 2.45) is 5.73 Å². The number of amides is 3. The van der Waals surface area contributed by atoms with Gasteiger partial charge in [0.2, 0.25) is 11.8 Å². The highest BCUT2D eigenvalue weighted by Crippen LogP contribution is 2.31. The molecule has 2 fully saturated rings. The van der Waals surface area contributed by atoms with Crippen LogP contribution in [0.2, 0.25) is 5.15 Å². The summed E-state index contributed by atoms with van der Waals surface area (Å²) >= 11 is 6.14. The molecule has 9 nitrogen and oxygen atoms in total. The number of hydrogen-bond donors (Lipinski definition) is 2. The van der Waals surface area contributed by atoms with Gasteiger partial charge in [-0.2, -0.15) is 0 Å². The average molecular weight is 483 g/mol. The Hall–Kier alpha value is -3.04. The standard InChI is InChI=1S/C24H27ClN6O3/c25-20-10-27-11-21(28-20)30(17-5-3-16(26)4-6-17)12-14-1-2-15-13-31(24(34)18(15)9-14)19-7-8-22(32)29-23(19)33/h1-2,9-11,16-17,19H,3-8,12-13,26H2,(H,29,32,33). The van der Waals surface area contributed by atoms with Crippen LogP contribution in [0.15, 0.2) is 30.6 Å². The molecule has 1 atom stereocenters. The number of piperidine rings is 1. The summed E-state index contributed by atoms with van der Waals surface area (Å²) in [5.74, 6) is -0.173. The number of nitrogens with one attached hydrogen (secondary N) is 1. The lowest BCUT2D eigenvalue weighted by Gasteiger charge is -2.37. The Morgan fingerprint density at radius 3 is 2.65 bits per heavy atom. The highest BCUT2D eigenvalue weighted by Gasteiger charge is 2.39. The first-order valence-corrected chi connectivity index (χ1v) is 12.0. The molecule has 10 heteroatoms.